The number of benzene rings is 1. The molecular weight excluding hydrogens is 322 g/mol. The molecule has 0 atom stereocenters. The Morgan fingerprint density at radius 3 is 2.18 bits per heavy atom. The van der Waals surface area contributed by atoms with Crippen LogP contribution >= 0.6 is 11.3 Å². The van der Waals surface area contributed by atoms with Gasteiger partial charge in [-0.1, -0.05) is 12.1 Å². The van der Waals surface area contributed by atoms with Crippen LogP contribution in [0.4, 0.5) is 17.6 Å². The van der Waals surface area contributed by atoms with Crippen LogP contribution in [0.2, 0.25) is 0 Å². The van der Waals surface area contributed by atoms with Crippen molar-refractivity contribution in [3.63, 3.8) is 0 Å². The first-order valence-corrected chi connectivity index (χ1v) is 6.83. The number of carbonyl (C=O) groups excluding carboxylic acids is 2. The maximum atomic E-state index is 12.7. The van der Waals surface area contributed by atoms with Gasteiger partial charge in [0.05, 0.1) is 9.75 Å². The van der Waals surface area contributed by atoms with Crippen LogP contribution in [0.25, 0.3) is 0 Å². The van der Waals surface area contributed by atoms with Gasteiger partial charge in [0.2, 0.25) is 0 Å². The summed E-state index contributed by atoms with van der Waals surface area (Å²) < 4.78 is 49.5. The quantitative estimate of drug-likeness (QED) is 0.688. The Morgan fingerprint density at radius 1 is 1.00 bits per heavy atom. The molecule has 116 valence electrons. The monoisotopic (exact) mass is 331 g/mol. The van der Waals surface area contributed by atoms with Gasteiger partial charge >= 0.3 is 6.18 Å². The Bertz CT molecular complexity index is 692. The predicted molar refractivity (Wildman–Crippen MR) is 72.3 cm³/mol. The molecule has 1 N–H and O–H groups in total. The van der Waals surface area contributed by atoms with Crippen LogP contribution < -0.4 is 5.32 Å². The van der Waals surface area contributed by atoms with Crippen LogP contribution in [-0.2, 0) is 6.54 Å². The maximum Gasteiger partial charge on any atom is 0.455 e. The zero-order valence-corrected chi connectivity index (χ0v) is 11.7. The number of ketones is 1. The van der Waals surface area contributed by atoms with E-state index in [4.69, 9.17) is 0 Å². The van der Waals surface area contributed by atoms with Crippen molar-refractivity contribution in [2.24, 2.45) is 0 Å². The van der Waals surface area contributed by atoms with Gasteiger partial charge in [-0.3, -0.25) is 9.59 Å². The third kappa shape index (κ3) is 3.91. The van der Waals surface area contributed by atoms with Crippen molar-refractivity contribution in [2.45, 2.75) is 12.7 Å². The summed E-state index contributed by atoms with van der Waals surface area (Å²) in [4.78, 5) is 22.3. The highest BCUT2D eigenvalue weighted by atomic mass is 32.1. The van der Waals surface area contributed by atoms with E-state index < -0.39 is 28.6 Å². The summed E-state index contributed by atoms with van der Waals surface area (Å²) >= 11 is 0.472. The second kappa shape index (κ2) is 6.27. The molecule has 2 aromatic rings. The largest absolute Gasteiger partial charge is 0.455 e. The zero-order valence-electron chi connectivity index (χ0n) is 10.9. The predicted octanol–water partition coefficient (Wildman–Crippen LogP) is 3.56. The fraction of sp³-hybridized carbons (Fsp3) is 0.143. The van der Waals surface area contributed by atoms with E-state index in [0.29, 0.717) is 16.9 Å². The van der Waals surface area contributed by atoms with Gasteiger partial charge in [0.15, 0.2) is 0 Å². The molecule has 8 heteroatoms. The molecule has 2 rings (SSSR count). The number of hydrogen-bond donors (Lipinski definition) is 1. The molecule has 0 saturated carbocycles. The Kier molecular flexibility index (Phi) is 4.60. The van der Waals surface area contributed by atoms with E-state index in [0.717, 1.165) is 12.1 Å². The fourth-order valence-electron chi connectivity index (χ4n) is 1.59. The average Bonchev–Trinajstić information content (AvgIpc) is 2.94. The minimum Gasteiger partial charge on any atom is -0.347 e. The molecule has 1 amide bonds. The number of thiophene rings is 1. The summed E-state index contributed by atoms with van der Waals surface area (Å²) in [6.45, 7) is 0.0968. The molecule has 0 fully saturated rings. The number of alkyl halides is 3. The smallest absolute Gasteiger partial charge is 0.347 e. The van der Waals surface area contributed by atoms with Gasteiger partial charge in [-0.25, -0.2) is 4.39 Å². The molecule has 1 aromatic heterocycles. The van der Waals surface area contributed by atoms with Gasteiger partial charge in [0.25, 0.3) is 11.7 Å². The Labute approximate surface area is 126 Å². The van der Waals surface area contributed by atoms with Gasteiger partial charge in [-0.2, -0.15) is 13.2 Å². The van der Waals surface area contributed by atoms with E-state index in [1.165, 1.54) is 24.3 Å². The van der Waals surface area contributed by atoms with E-state index in [2.05, 4.69) is 5.32 Å². The van der Waals surface area contributed by atoms with Gasteiger partial charge < -0.3 is 5.32 Å². The minimum atomic E-state index is -4.97. The van der Waals surface area contributed by atoms with Crippen molar-refractivity contribution >= 4 is 23.0 Å². The first-order valence-electron chi connectivity index (χ1n) is 6.01. The van der Waals surface area contributed by atoms with E-state index >= 15 is 0 Å². The standard InChI is InChI=1S/C14H9F4NO2S/c15-9-3-1-8(2-4-9)7-19-13(21)11-6-5-10(22-11)12(20)14(16,17)18/h1-6H,7H2,(H,19,21). The topological polar surface area (TPSA) is 46.2 Å². The summed E-state index contributed by atoms with van der Waals surface area (Å²) in [5, 5.41) is 2.48. The summed E-state index contributed by atoms with van der Waals surface area (Å²) in [6, 6.07) is 7.53. The Balaban J connectivity index is 2.00. The molecule has 0 bridgehead atoms. The summed E-state index contributed by atoms with van der Waals surface area (Å²) in [5.74, 6) is -2.99. The number of rotatable bonds is 4. The van der Waals surface area contributed by atoms with Crippen LogP contribution in [0.5, 0.6) is 0 Å². The SMILES string of the molecule is O=C(NCc1ccc(F)cc1)c1ccc(C(=O)C(F)(F)F)s1. The highest BCUT2D eigenvalue weighted by Gasteiger charge is 2.40. The Hall–Kier alpha value is -2.22. The van der Waals surface area contributed by atoms with Crippen molar-refractivity contribution in [3.8, 4) is 0 Å². The fourth-order valence-corrected chi connectivity index (χ4v) is 2.48. The molecule has 1 aromatic carbocycles. The van der Waals surface area contributed by atoms with E-state index in [1.807, 2.05) is 0 Å². The average molecular weight is 331 g/mol. The molecule has 0 aliphatic rings. The summed E-state index contributed by atoms with van der Waals surface area (Å²) in [7, 11) is 0. The highest BCUT2D eigenvalue weighted by molar-refractivity contribution is 7.16. The lowest BCUT2D eigenvalue weighted by Gasteiger charge is -2.04. The lowest BCUT2D eigenvalue weighted by atomic mass is 10.2. The maximum absolute atomic E-state index is 12.7. The minimum absolute atomic E-state index is 0.00490. The lowest BCUT2D eigenvalue weighted by Crippen LogP contribution is -2.22. The molecule has 22 heavy (non-hydrogen) atoms. The molecular formula is C14H9F4NO2S. The molecule has 3 nitrogen and oxygen atoms in total. The molecule has 0 spiro atoms. The molecule has 0 aliphatic carbocycles. The number of carbonyl (C=O) groups is 2. The van der Waals surface area contributed by atoms with Gasteiger partial charge in [0, 0.05) is 6.54 Å². The van der Waals surface area contributed by atoms with E-state index in [1.54, 1.807) is 0 Å². The zero-order chi connectivity index (χ0) is 16.3. The van der Waals surface area contributed by atoms with Crippen LogP contribution in [0.1, 0.15) is 24.9 Å². The first-order chi connectivity index (χ1) is 10.3. The van der Waals surface area contributed by atoms with Crippen molar-refractivity contribution < 1.29 is 27.2 Å². The van der Waals surface area contributed by atoms with E-state index in [-0.39, 0.29) is 11.4 Å². The van der Waals surface area contributed by atoms with Crippen molar-refractivity contribution in [2.75, 3.05) is 0 Å². The first kappa shape index (κ1) is 16.2. The molecule has 0 unspecified atom stereocenters. The van der Waals surface area contributed by atoms with Crippen molar-refractivity contribution in [1.82, 2.24) is 5.32 Å². The van der Waals surface area contributed by atoms with Crippen LogP contribution in [0.15, 0.2) is 36.4 Å². The number of hydrogen-bond acceptors (Lipinski definition) is 3. The molecule has 0 saturated heterocycles. The molecule has 0 aliphatic heterocycles. The third-order valence-corrected chi connectivity index (χ3v) is 3.76. The van der Waals surface area contributed by atoms with Crippen molar-refractivity contribution in [1.29, 1.82) is 0 Å². The Morgan fingerprint density at radius 2 is 1.59 bits per heavy atom. The second-order valence-corrected chi connectivity index (χ2v) is 5.38. The number of amides is 1. The summed E-state index contributed by atoms with van der Waals surface area (Å²) in [6.07, 6.45) is -4.97. The summed E-state index contributed by atoms with van der Waals surface area (Å²) in [5.41, 5.74) is 0.637. The van der Waals surface area contributed by atoms with E-state index in [9.17, 15) is 27.2 Å². The molecule has 0 radical (unpaired) electrons. The normalized spacial score (nSPS) is 11.3. The number of halogens is 4. The van der Waals surface area contributed by atoms with Gasteiger partial charge in [0.1, 0.15) is 5.82 Å². The third-order valence-electron chi connectivity index (χ3n) is 2.68. The van der Waals surface area contributed by atoms with Crippen molar-refractivity contribution in [3.05, 3.63) is 57.5 Å². The molecule has 1 heterocycles. The van der Waals surface area contributed by atoms with Gasteiger partial charge in [-0.05, 0) is 29.8 Å². The van der Waals surface area contributed by atoms with Gasteiger partial charge in [-0.15, -0.1) is 11.3 Å². The lowest BCUT2D eigenvalue weighted by molar-refractivity contribution is -0.0882. The van der Waals surface area contributed by atoms with Crippen LogP contribution in [0.3, 0.4) is 0 Å². The number of nitrogens with one attached hydrogen (secondary N) is 1. The highest BCUT2D eigenvalue weighted by Crippen LogP contribution is 2.26. The van der Waals surface area contributed by atoms with Crippen LogP contribution in [-0.4, -0.2) is 17.9 Å². The second-order valence-electron chi connectivity index (χ2n) is 4.30. The van der Waals surface area contributed by atoms with Crippen LogP contribution in [0, 0.1) is 5.82 Å². The number of Topliss-reactive ketones (excluding diaryl/α,β-unsaturated/α-hetero) is 1.